The average Bonchev–Trinajstić information content (AvgIpc) is 3.07. The van der Waals surface area contributed by atoms with Crippen LogP contribution in [0.15, 0.2) is 158 Å². The van der Waals surface area contributed by atoms with Crippen LogP contribution in [0.3, 0.4) is 0 Å². The largest absolute Gasteiger partial charge is 0.451 e. The molecule has 1 heterocycles. The SMILES string of the molecule is CC1(C)c2cccc(P(c3ccccc3)c3ccccc3)c2Oc2c([P+](=O)P(c3ccccc3)c3ccccc3)cccc21. The molecule has 7 rings (SSSR count). The summed E-state index contributed by atoms with van der Waals surface area (Å²) >= 11 is 0. The van der Waals surface area contributed by atoms with Gasteiger partial charge in [-0.25, -0.2) is 0 Å². The lowest BCUT2D eigenvalue weighted by Gasteiger charge is -2.36. The fourth-order valence-corrected chi connectivity index (χ4v) is 14.0. The van der Waals surface area contributed by atoms with Crippen molar-refractivity contribution in [1.82, 2.24) is 0 Å². The molecule has 0 N–H and O–H groups in total. The minimum atomic E-state index is -1.85. The second-order valence-electron chi connectivity index (χ2n) is 11.3. The van der Waals surface area contributed by atoms with Gasteiger partial charge in [0.05, 0.1) is 0 Å². The molecule has 0 spiro atoms. The molecule has 1 aliphatic rings. The summed E-state index contributed by atoms with van der Waals surface area (Å²) < 4.78 is 22.0. The van der Waals surface area contributed by atoms with Crippen molar-refractivity contribution < 1.29 is 9.30 Å². The van der Waals surface area contributed by atoms with Gasteiger partial charge in [0.25, 0.3) is 0 Å². The molecule has 214 valence electrons. The molecular formula is C39H32O2P3+. The molecule has 0 aromatic heterocycles. The van der Waals surface area contributed by atoms with Crippen molar-refractivity contribution >= 4 is 54.8 Å². The Labute approximate surface area is 263 Å². The van der Waals surface area contributed by atoms with Gasteiger partial charge in [-0.05, 0) is 24.6 Å². The molecule has 2 nitrogen and oxygen atoms in total. The smallest absolute Gasteiger partial charge is 0.406 e. The van der Waals surface area contributed by atoms with Crippen LogP contribution >= 0.6 is 23.0 Å². The highest BCUT2D eigenvalue weighted by Gasteiger charge is 2.45. The minimum absolute atomic E-state index is 0.345. The highest BCUT2D eigenvalue weighted by Crippen LogP contribution is 2.61. The van der Waals surface area contributed by atoms with Crippen LogP contribution in [0.5, 0.6) is 11.5 Å². The predicted octanol–water partition coefficient (Wildman–Crippen LogP) is 8.38. The van der Waals surface area contributed by atoms with Gasteiger partial charge in [-0.1, -0.05) is 170 Å². The number of fused-ring (bicyclic) bond motifs is 2. The van der Waals surface area contributed by atoms with E-state index in [0.717, 1.165) is 38.5 Å². The third kappa shape index (κ3) is 5.23. The van der Waals surface area contributed by atoms with Gasteiger partial charge in [-0.3, -0.25) is 0 Å². The third-order valence-electron chi connectivity index (χ3n) is 8.20. The maximum absolute atomic E-state index is 14.9. The van der Waals surface area contributed by atoms with Crippen LogP contribution in [0.4, 0.5) is 0 Å². The van der Waals surface area contributed by atoms with E-state index >= 15 is 0 Å². The summed E-state index contributed by atoms with van der Waals surface area (Å²) in [6.07, 6.45) is 0. The summed E-state index contributed by atoms with van der Waals surface area (Å²) in [5, 5.41) is 6.69. The summed E-state index contributed by atoms with van der Waals surface area (Å²) in [4.78, 5) is 0. The Bertz CT molecular complexity index is 1850. The molecule has 1 atom stereocenters. The number of ether oxygens (including phenoxy) is 1. The summed E-state index contributed by atoms with van der Waals surface area (Å²) in [6.45, 7) is 4.52. The standard InChI is InChI=1S/C39H32O2P3/c1-39(2)33-25-15-27-35(42(29-17-7-3-8-18-29)30-19-9-4-10-20-30)37(33)41-38-34(39)26-16-28-36(38)44(40)43(31-21-11-5-12-22-31)32-23-13-6-14-24-32/h3-28H,1-2H3/q+1. The van der Waals surface area contributed by atoms with Gasteiger partial charge >= 0.3 is 7.49 Å². The van der Waals surface area contributed by atoms with Crippen molar-refractivity contribution in [2.45, 2.75) is 19.3 Å². The first-order chi connectivity index (χ1) is 21.5. The van der Waals surface area contributed by atoms with Crippen molar-refractivity contribution in [3.8, 4) is 11.5 Å². The topological polar surface area (TPSA) is 26.3 Å². The van der Waals surface area contributed by atoms with Gasteiger partial charge in [0, 0.05) is 32.5 Å². The molecule has 0 radical (unpaired) electrons. The fraction of sp³-hybridized carbons (Fsp3) is 0.0769. The lowest BCUT2D eigenvalue weighted by atomic mass is 9.76. The van der Waals surface area contributed by atoms with E-state index in [1.165, 1.54) is 15.9 Å². The summed E-state index contributed by atoms with van der Waals surface area (Å²) in [6, 6.07) is 54.8. The molecule has 0 amide bonds. The number of hydrogen-bond acceptors (Lipinski definition) is 2. The quantitative estimate of drug-likeness (QED) is 0.167. The molecule has 44 heavy (non-hydrogen) atoms. The van der Waals surface area contributed by atoms with E-state index in [4.69, 9.17) is 4.74 Å². The van der Waals surface area contributed by atoms with Crippen molar-refractivity contribution in [1.29, 1.82) is 0 Å². The Morgan fingerprint density at radius 2 is 0.932 bits per heavy atom. The summed E-state index contributed by atoms with van der Waals surface area (Å²) in [7, 11) is -3.91. The van der Waals surface area contributed by atoms with Crippen LogP contribution in [0.25, 0.3) is 0 Å². The Balaban J connectivity index is 1.40. The third-order valence-corrected chi connectivity index (χ3v) is 16.5. The lowest BCUT2D eigenvalue weighted by Crippen LogP contribution is -2.31. The van der Waals surface area contributed by atoms with Gasteiger partial charge in [0.2, 0.25) is 12.9 Å². The molecule has 1 aliphatic heterocycles. The van der Waals surface area contributed by atoms with E-state index in [1.54, 1.807) is 0 Å². The normalized spacial score (nSPS) is 13.6. The van der Waals surface area contributed by atoms with Crippen LogP contribution in [-0.4, -0.2) is 0 Å². The Hall–Kier alpha value is -3.92. The van der Waals surface area contributed by atoms with Crippen molar-refractivity contribution in [2.24, 2.45) is 0 Å². The van der Waals surface area contributed by atoms with Gasteiger partial charge < -0.3 is 4.74 Å². The monoisotopic (exact) mass is 625 g/mol. The second-order valence-corrected chi connectivity index (χ2v) is 18.5. The Morgan fingerprint density at radius 1 is 0.500 bits per heavy atom. The van der Waals surface area contributed by atoms with E-state index in [0.29, 0.717) is 0 Å². The molecule has 0 saturated heterocycles. The van der Waals surface area contributed by atoms with Crippen LogP contribution in [0, 0.1) is 0 Å². The number of para-hydroxylation sites is 2. The zero-order chi connectivity index (χ0) is 30.1. The van der Waals surface area contributed by atoms with Gasteiger partial charge in [0.1, 0.15) is 5.75 Å². The van der Waals surface area contributed by atoms with Crippen molar-refractivity contribution in [2.75, 3.05) is 0 Å². The van der Waals surface area contributed by atoms with Crippen LogP contribution in [0.1, 0.15) is 25.0 Å². The lowest BCUT2D eigenvalue weighted by molar-refractivity contribution is 0.424. The molecule has 1 unspecified atom stereocenters. The molecule has 6 aromatic carbocycles. The predicted molar refractivity (Wildman–Crippen MR) is 190 cm³/mol. The number of benzene rings is 6. The zero-order valence-corrected chi connectivity index (χ0v) is 27.4. The van der Waals surface area contributed by atoms with E-state index < -0.39 is 23.0 Å². The van der Waals surface area contributed by atoms with Gasteiger partial charge in [-0.2, -0.15) is 0 Å². The molecule has 5 heteroatoms. The molecule has 0 saturated carbocycles. The highest BCUT2D eigenvalue weighted by atomic mass is 32.1. The number of hydrogen-bond donors (Lipinski definition) is 0. The van der Waals surface area contributed by atoms with Crippen LogP contribution in [0.2, 0.25) is 0 Å². The summed E-state index contributed by atoms with van der Waals surface area (Å²) in [5.41, 5.74) is 1.88. The van der Waals surface area contributed by atoms with E-state index in [-0.39, 0.29) is 5.41 Å². The van der Waals surface area contributed by atoms with Crippen LogP contribution in [-0.2, 0) is 9.98 Å². The van der Waals surface area contributed by atoms with E-state index in [2.05, 4.69) is 123 Å². The van der Waals surface area contributed by atoms with Crippen molar-refractivity contribution in [3.05, 3.63) is 169 Å². The number of rotatable bonds is 7. The maximum Gasteiger partial charge on any atom is 0.406 e. The molecular weight excluding hydrogens is 593 g/mol. The first-order valence-electron chi connectivity index (χ1n) is 14.8. The average molecular weight is 626 g/mol. The second kappa shape index (κ2) is 12.2. The maximum atomic E-state index is 14.9. The Morgan fingerprint density at radius 3 is 1.43 bits per heavy atom. The summed E-state index contributed by atoms with van der Waals surface area (Å²) in [5.74, 6) is 1.64. The first-order valence-corrected chi connectivity index (χ1v) is 19.4. The van der Waals surface area contributed by atoms with E-state index in [1.807, 2.05) is 48.5 Å². The minimum Gasteiger partial charge on any atom is -0.451 e. The molecule has 0 fully saturated rings. The molecule has 0 aliphatic carbocycles. The zero-order valence-electron chi connectivity index (χ0n) is 24.7. The Kier molecular flexibility index (Phi) is 8.01. The molecule has 6 aromatic rings. The van der Waals surface area contributed by atoms with Gasteiger partial charge in [0.15, 0.2) is 5.75 Å². The molecule has 0 bridgehead atoms. The van der Waals surface area contributed by atoms with Crippen LogP contribution < -0.4 is 36.6 Å². The fourth-order valence-electron chi connectivity index (χ4n) is 6.01. The van der Waals surface area contributed by atoms with E-state index in [9.17, 15) is 4.57 Å². The van der Waals surface area contributed by atoms with Crippen molar-refractivity contribution in [3.63, 3.8) is 0 Å². The highest BCUT2D eigenvalue weighted by molar-refractivity contribution is 8.33. The van der Waals surface area contributed by atoms with Gasteiger partial charge in [-0.15, -0.1) is 0 Å². The first kappa shape index (κ1) is 28.8.